The van der Waals surface area contributed by atoms with E-state index in [9.17, 15) is 9.90 Å². The quantitative estimate of drug-likeness (QED) is 0.734. The van der Waals surface area contributed by atoms with Gasteiger partial charge in [-0.05, 0) is 19.3 Å². The van der Waals surface area contributed by atoms with Crippen LogP contribution in [0.3, 0.4) is 0 Å². The molecule has 1 aliphatic carbocycles. The zero-order valence-electron chi connectivity index (χ0n) is 10.0. The van der Waals surface area contributed by atoms with Crippen molar-refractivity contribution in [3.05, 3.63) is 0 Å². The van der Waals surface area contributed by atoms with Gasteiger partial charge in [-0.15, -0.1) is 0 Å². The van der Waals surface area contributed by atoms with Gasteiger partial charge in [0.05, 0.1) is 12.1 Å². The fourth-order valence-corrected chi connectivity index (χ4v) is 2.67. The summed E-state index contributed by atoms with van der Waals surface area (Å²) in [6.07, 6.45) is 5.51. The van der Waals surface area contributed by atoms with Crippen LogP contribution in [0.25, 0.3) is 0 Å². The second kappa shape index (κ2) is 4.72. The molecule has 2 N–H and O–H groups in total. The van der Waals surface area contributed by atoms with Gasteiger partial charge in [0, 0.05) is 19.1 Å². The molecule has 0 aromatic carbocycles. The first-order valence-corrected chi connectivity index (χ1v) is 6.35. The molecule has 2 rings (SSSR count). The Hall–Kier alpha value is -0.610. The molecule has 1 aliphatic heterocycles. The van der Waals surface area contributed by atoms with Gasteiger partial charge in [-0.1, -0.05) is 19.8 Å². The Bertz CT molecular complexity index is 256. The Kier molecular flexibility index (Phi) is 3.50. The van der Waals surface area contributed by atoms with Crippen molar-refractivity contribution in [2.45, 2.75) is 50.7 Å². The number of nitrogens with one attached hydrogen (secondary N) is 1. The third kappa shape index (κ3) is 2.74. The lowest BCUT2D eigenvalue weighted by atomic mass is 9.91. The van der Waals surface area contributed by atoms with Crippen LogP contribution in [-0.2, 0) is 4.79 Å². The Balaban J connectivity index is 1.65. The first kappa shape index (κ1) is 11.9. The predicted molar refractivity (Wildman–Crippen MR) is 62.1 cm³/mol. The van der Waals surface area contributed by atoms with Crippen LogP contribution in [0.1, 0.15) is 39.0 Å². The van der Waals surface area contributed by atoms with E-state index in [4.69, 9.17) is 0 Å². The molecule has 1 heterocycles. The van der Waals surface area contributed by atoms with E-state index in [1.165, 1.54) is 12.8 Å². The largest absolute Gasteiger partial charge is 0.387 e. The summed E-state index contributed by atoms with van der Waals surface area (Å²) < 4.78 is 0. The number of amides is 1. The molecule has 2 aliphatic rings. The number of hydrogen-bond acceptors (Lipinski definition) is 3. The first-order valence-electron chi connectivity index (χ1n) is 6.35. The Morgan fingerprint density at radius 2 is 2.06 bits per heavy atom. The maximum Gasteiger partial charge on any atom is 0.234 e. The van der Waals surface area contributed by atoms with Gasteiger partial charge in [-0.3, -0.25) is 9.69 Å². The highest BCUT2D eigenvalue weighted by Gasteiger charge is 2.39. The average molecular weight is 226 g/mol. The van der Waals surface area contributed by atoms with Gasteiger partial charge in [0.2, 0.25) is 5.91 Å². The molecule has 0 aromatic rings. The minimum absolute atomic E-state index is 0.116. The molecule has 0 bridgehead atoms. The molecule has 0 aromatic heterocycles. The molecule has 1 saturated heterocycles. The number of carbonyl (C=O) groups excluding carboxylic acids is 1. The van der Waals surface area contributed by atoms with Crippen LogP contribution < -0.4 is 5.32 Å². The first-order chi connectivity index (χ1) is 7.61. The monoisotopic (exact) mass is 226 g/mol. The van der Waals surface area contributed by atoms with E-state index < -0.39 is 5.60 Å². The highest BCUT2D eigenvalue weighted by Crippen LogP contribution is 2.23. The van der Waals surface area contributed by atoms with Crippen molar-refractivity contribution in [2.75, 3.05) is 19.6 Å². The van der Waals surface area contributed by atoms with E-state index in [1.807, 2.05) is 11.8 Å². The van der Waals surface area contributed by atoms with Crippen LogP contribution in [0.2, 0.25) is 0 Å². The number of nitrogens with zero attached hydrogens (tertiary/aromatic N) is 1. The molecule has 16 heavy (non-hydrogen) atoms. The Morgan fingerprint density at radius 1 is 1.44 bits per heavy atom. The summed E-state index contributed by atoms with van der Waals surface area (Å²) in [5, 5.41) is 12.9. The highest BCUT2D eigenvalue weighted by molar-refractivity contribution is 5.78. The summed E-state index contributed by atoms with van der Waals surface area (Å²) in [6, 6.07) is 0.402. The van der Waals surface area contributed by atoms with Crippen LogP contribution in [-0.4, -0.2) is 47.2 Å². The highest BCUT2D eigenvalue weighted by atomic mass is 16.3. The molecule has 92 valence electrons. The van der Waals surface area contributed by atoms with E-state index in [-0.39, 0.29) is 5.91 Å². The van der Waals surface area contributed by atoms with Crippen LogP contribution in [0, 0.1) is 0 Å². The molecular formula is C12H22N2O2. The molecule has 1 saturated carbocycles. The van der Waals surface area contributed by atoms with E-state index in [0.29, 0.717) is 25.7 Å². The Morgan fingerprint density at radius 3 is 2.62 bits per heavy atom. The number of aliphatic hydroxyl groups is 1. The second-order valence-corrected chi connectivity index (χ2v) is 5.27. The number of carbonyl (C=O) groups is 1. The van der Waals surface area contributed by atoms with Gasteiger partial charge in [0.25, 0.3) is 0 Å². The summed E-state index contributed by atoms with van der Waals surface area (Å²) in [5.41, 5.74) is -0.534. The van der Waals surface area contributed by atoms with Gasteiger partial charge in [0.1, 0.15) is 0 Å². The number of rotatable bonds is 4. The summed E-state index contributed by atoms with van der Waals surface area (Å²) in [6.45, 7) is 3.71. The smallest absolute Gasteiger partial charge is 0.234 e. The van der Waals surface area contributed by atoms with E-state index in [0.717, 1.165) is 19.3 Å². The zero-order valence-corrected chi connectivity index (χ0v) is 10.0. The minimum atomic E-state index is -0.534. The van der Waals surface area contributed by atoms with Crippen LogP contribution in [0.15, 0.2) is 0 Å². The molecule has 0 radical (unpaired) electrons. The number of likely N-dealkylation sites (tertiary alicyclic amines) is 1. The van der Waals surface area contributed by atoms with Crippen LogP contribution in [0.4, 0.5) is 0 Å². The molecule has 2 fully saturated rings. The fourth-order valence-electron chi connectivity index (χ4n) is 2.67. The lowest BCUT2D eigenvalue weighted by molar-refractivity contribution is -0.133. The summed E-state index contributed by atoms with van der Waals surface area (Å²) in [7, 11) is 0. The van der Waals surface area contributed by atoms with Crippen molar-refractivity contribution >= 4 is 5.91 Å². The van der Waals surface area contributed by atoms with Gasteiger partial charge in [0.15, 0.2) is 0 Å². The third-order valence-electron chi connectivity index (χ3n) is 3.78. The van der Waals surface area contributed by atoms with E-state index in [2.05, 4.69) is 5.32 Å². The summed E-state index contributed by atoms with van der Waals surface area (Å²) in [5.74, 6) is 0.116. The lowest BCUT2D eigenvalue weighted by Gasteiger charge is -2.45. The molecule has 0 spiro atoms. The van der Waals surface area contributed by atoms with Crippen LogP contribution >= 0.6 is 0 Å². The molecule has 1 amide bonds. The van der Waals surface area contributed by atoms with Gasteiger partial charge in [-0.25, -0.2) is 0 Å². The maximum absolute atomic E-state index is 11.7. The normalized spacial score (nSPS) is 25.4. The zero-order chi connectivity index (χ0) is 11.6. The molecule has 0 unspecified atom stereocenters. The SMILES string of the molecule is CCC1(O)CN(CC(=O)NC2CCCC2)C1. The van der Waals surface area contributed by atoms with Crippen molar-refractivity contribution in [1.29, 1.82) is 0 Å². The van der Waals surface area contributed by atoms with Crippen molar-refractivity contribution < 1.29 is 9.90 Å². The topological polar surface area (TPSA) is 52.6 Å². The summed E-state index contributed by atoms with van der Waals surface area (Å²) >= 11 is 0. The maximum atomic E-state index is 11.7. The predicted octanol–water partition coefficient (Wildman–Crippen LogP) is 0.502. The van der Waals surface area contributed by atoms with Crippen molar-refractivity contribution in [3.8, 4) is 0 Å². The summed E-state index contributed by atoms with van der Waals surface area (Å²) in [4.78, 5) is 13.7. The van der Waals surface area contributed by atoms with Crippen molar-refractivity contribution in [3.63, 3.8) is 0 Å². The molecule has 0 atom stereocenters. The van der Waals surface area contributed by atoms with Crippen LogP contribution in [0.5, 0.6) is 0 Å². The molecule has 4 heteroatoms. The minimum Gasteiger partial charge on any atom is -0.387 e. The second-order valence-electron chi connectivity index (χ2n) is 5.27. The van der Waals surface area contributed by atoms with Crippen molar-refractivity contribution in [1.82, 2.24) is 10.2 Å². The lowest BCUT2D eigenvalue weighted by Crippen LogP contribution is -2.63. The van der Waals surface area contributed by atoms with E-state index >= 15 is 0 Å². The third-order valence-corrected chi connectivity index (χ3v) is 3.78. The van der Waals surface area contributed by atoms with Gasteiger partial charge < -0.3 is 10.4 Å². The van der Waals surface area contributed by atoms with Gasteiger partial charge in [-0.2, -0.15) is 0 Å². The van der Waals surface area contributed by atoms with Crippen molar-refractivity contribution in [2.24, 2.45) is 0 Å². The van der Waals surface area contributed by atoms with E-state index in [1.54, 1.807) is 0 Å². The molecular weight excluding hydrogens is 204 g/mol. The fraction of sp³-hybridized carbons (Fsp3) is 0.917. The average Bonchev–Trinajstić information content (AvgIpc) is 2.67. The number of β-amino-alcohol motifs (C(OH)–C–C–N with tert-alkyl or cyclic N) is 1. The Labute approximate surface area is 97.0 Å². The number of hydrogen-bond donors (Lipinski definition) is 2. The standard InChI is InChI=1S/C12H22N2O2/c1-2-12(16)8-14(9-12)7-11(15)13-10-5-3-4-6-10/h10,16H,2-9H2,1H3,(H,13,15). The molecule has 4 nitrogen and oxygen atoms in total. The van der Waals surface area contributed by atoms with Gasteiger partial charge >= 0.3 is 0 Å².